The monoisotopic (exact) mass is 355 g/mol. The third-order valence-corrected chi connectivity index (χ3v) is 3.78. The lowest BCUT2D eigenvalue weighted by atomic mass is 10.2. The van der Waals surface area contributed by atoms with Gasteiger partial charge in [0.2, 0.25) is 0 Å². The van der Waals surface area contributed by atoms with E-state index in [1.807, 2.05) is 13.8 Å². The van der Waals surface area contributed by atoms with Crippen molar-refractivity contribution in [1.82, 2.24) is 4.90 Å². The third kappa shape index (κ3) is 7.68. The van der Waals surface area contributed by atoms with Crippen LogP contribution in [0.2, 0.25) is 5.02 Å². The van der Waals surface area contributed by atoms with E-state index < -0.39 is 0 Å². The van der Waals surface area contributed by atoms with E-state index in [0.717, 1.165) is 19.3 Å². The van der Waals surface area contributed by atoms with Gasteiger partial charge in [-0.3, -0.25) is 0 Å². The summed E-state index contributed by atoms with van der Waals surface area (Å²) in [6.07, 6.45) is 2.73. The normalized spacial score (nSPS) is 11.7. The summed E-state index contributed by atoms with van der Waals surface area (Å²) in [4.78, 5) is 25.2. The first-order valence-corrected chi connectivity index (χ1v) is 8.66. The average molecular weight is 356 g/mol. The highest BCUT2D eigenvalue weighted by atomic mass is 35.5. The topological polar surface area (TPSA) is 55.8 Å². The molecule has 1 aromatic carbocycles. The fourth-order valence-corrected chi connectivity index (χ4v) is 2.14. The van der Waals surface area contributed by atoms with Crippen LogP contribution in [0.15, 0.2) is 24.3 Å². The summed E-state index contributed by atoms with van der Waals surface area (Å²) < 4.78 is 10.5. The Hall–Kier alpha value is -1.75. The molecule has 5 nitrogen and oxygen atoms in total. The molecule has 134 valence electrons. The van der Waals surface area contributed by atoms with Gasteiger partial charge in [-0.2, -0.15) is 0 Å². The van der Waals surface area contributed by atoms with Crippen molar-refractivity contribution in [3.63, 3.8) is 0 Å². The second-order valence-electron chi connectivity index (χ2n) is 5.75. The number of amides is 1. The van der Waals surface area contributed by atoms with Gasteiger partial charge >= 0.3 is 12.1 Å². The molecule has 0 heterocycles. The molecule has 0 fully saturated rings. The van der Waals surface area contributed by atoms with E-state index >= 15 is 0 Å². The van der Waals surface area contributed by atoms with Crippen LogP contribution in [0.5, 0.6) is 0 Å². The zero-order chi connectivity index (χ0) is 17.9. The molecule has 0 aliphatic heterocycles. The molecule has 0 spiro atoms. The van der Waals surface area contributed by atoms with Crippen LogP contribution in [0, 0.1) is 0 Å². The summed E-state index contributed by atoms with van der Waals surface area (Å²) in [7, 11) is 1.71. The molecule has 0 bridgehead atoms. The Morgan fingerprint density at radius 1 is 1.21 bits per heavy atom. The first-order chi connectivity index (χ1) is 11.4. The number of esters is 1. The summed E-state index contributed by atoms with van der Waals surface area (Å²) >= 11 is 5.79. The van der Waals surface area contributed by atoms with Crippen LogP contribution in [-0.2, 0) is 9.47 Å². The van der Waals surface area contributed by atoms with Gasteiger partial charge in [0, 0.05) is 18.6 Å². The average Bonchev–Trinajstić information content (AvgIpc) is 2.55. The number of hydrogen-bond donors (Lipinski definition) is 0. The summed E-state index contributed by atoms with van der Waals surface area (Å²) in [6.45, 7) is 4.90. The molecular weight excluding hydrogens is 330 g/mol. The number of hydrogen-bond acceptors (Lipinski definition) is 4. The van der Waals surface area contributed by atoms with E-state index in [0.29, 0.717) is 30.2 Å². The Morgan fingerprint density at radius 2 is 1.88 bits per heavy atom. The molecule has 1 amide bonds. The lowest BCUT2D eigenvalue weighted by Crippen LogP contribution is -2.29. The number of halogens is 1. The second kappa shape index (κ2) is 10.9. The third-order valence-electron chi connectivity index (χ3n) is 3.53. The minimum atomic E-state index is -0.369. The van der Waals surface area contributed by atoms with Gasteiger partial charge in [-0.15, -0.1) is 0 Å². The van der Waals surface area contributed by atoms with E-state index in [1.54, 1.807) is 36.2 Å². The predicted molar refractivity (Wildman–Crippen MR) is 94.4 cm³/mol. The lowest BCUT2D eigenvalue weighted by Gasteiger charge is -2.18. The Bertz CT molecular complexity index is 518. The second-order valence-corrected chi connectivity index (χ2v) is 6.19. The Morgan fingerprint density at radius 3 is 2.50 bits per heavy atom. The fourth-order valence-electron chi connectivity index (χ4n) is 2.02. The highest BCUT2D eigenvalue weighted by molar-refractivity contribution is 6.30. The number of nitrogens with zero attached hydrogens (tertiary/aromatic N) is 1. The lowest BCUT2D eigenvalue weighted by molar-refractivity contribution is 0.0313. The molecular formula is C18H26ClNO4. The molecule has 1 atom stereocenters. The number of ether oxygens (including phenoxy) is 2. The van der Waals surface area contributed by atoms with Crippen LogP contribution in [-0.4, -0.2) is 43.3 Å². The molecule has 0 aromatic heterocycles. The number of rotatable bonds is 9. The van der Waals surface area contributed by atoms with Gasteiger partial charge < -0.3 is 14.4 Å². The maximum Gasteiger partial charge on any atom is 0.409 e. The standard InChI is InChI=1S/C18H26ClNO4/c1-4-5-13-23-18(22)20(3)12-6-7-14(2)24-17(21)15-8-10-16(19)11-9-15/h8-11,14H,4-7,12-13H2,1-3H3. The Kier molecular flexibility index (Phi) is 9.23. The highest BCUT2D eigenvalue weighted by Gasteiger charge is 2.14. The molecule has 1 unspecified atom stereocenters. The van der Waals surface area contributed by atoms with E-state index in [-0.39, 0.29) is 18.2 Å². The summed E-state index contributed by atoms with van der Waals surface area (Å²) in [5.74, 6) is -0.369. The zero-order valence-corrected chi connectivity index (χ0v) is 15.3. The van der Waals surface area contributed by atoms with Crippen LogP contribution in [0.4, 0.5) is 4.79 Å². The van der Waals surface area contributed by atoms with Gasteiger partial charge in [0.1, 0.15) is 0 Å². The molecule has 0 N–H and O–H groups in total. The van der Waals surface area contributed by atoms with Gasteiger partial charge in [0.15, 0.2) is 0 Å². The molecule has 6 heteroatoms. The molecule has 0 aliphatic rings. The Balaban J connectivity index is 2.25. The van der Waals surface area contributed by atoms with Gasteiger partial charge in [-0.05, 0) is 50.5 Å². The highest BCUT2D eigenvalue weighted by Crippen LogP contribution is 2.12. The van der Waals surface area contributed by atoms with Gasteiger partial charge in [-0.1, -0.05) is 24.9 Å². The van der Waals surface area contributed by atoms with Crippen molar-refractivity contribution in [3.05, 3.63) is 34.9 Å². The van der Waals surface area contributed by atoms with Gasteiger partial charge in [0.05, 0.1) is 18.3 Å². The number of benzene rings is 1. The van der Waals surface area contributed by atoms with Crippen molar-refractivity contribution in [1.29, 1.82) is 0 Å². The van der Waals surface area contributed by atoms with Crippen LogP contribution >= 0.6 is 11.6 Å². The summed E-state index contributed by atoms with van der Waals surface area (Å²) in [6, 6.07) is 6.58. The number of carbonyl (C=O) groups excluding carboxylic acids is 2. The molecule has 0 saturated heterocycles. The molecule has 0 saturated carbocycles. The van der Waals surface area contributed by atoms with E-state index in [4.69, 9.17) is 21.1 Å². The molecule has 0 radical (unpaired) electrons. The van der Waals surface area contributed by atoms with Crippen LogP contribution < -0.4 is 0 Å². The Labute approximate surface area is 148 Å². The van der Waals surface area contributed by atoms with E-state index in [9.17, 15) is 9.59 Å². The maximum atomic E-state index is 12.0. The molecule has 0 aliphatic carbocycles. The van der Waals surface area contributed by atoms with Crippen molar-refractivity contribution < 1.29 is 19.1 Å². The number of unbranched alkanes of at least 4 members (excludes halogenated alkanes) is 1. The molecule has 1 aromatic rings. The van der Waals surface area contributed by atoms with Crippen LogP contribution in [0.25, 0.3) is 0 Å². The summed E-state index contributed by atoms with van der Waals surface area (Å²) in [5, 5.41) is 0.577. The fraction of sp³-hybridized carbons (Fsp3) is 0.556. The quantitative estimate of drug-likeness (QED) is 0.482. The minimum absolute atomic E-state index is 0.224. The predicted octanol–water partition coefficient (Wildman–Crippen LogP) is 4.53. The smallest absolute Gasteiger partial charge is 0.409 e. The first kappa shape index (κ1) is 20.3. The van der Waals surface area contributed by atoms with E-state index in [1.165, 1.54) is 0 Å². The van der Waals surface area contributed by atoms with Crippen molar-refractivity contribution in [2.24, 2.45) is 0 Å². The van der Waals surface area contributed by atoms with Crippen LogP contribution in [0.1, 0.15) is 49.9 Å². The number of carbonyl (C=O) groups is 2. The van der Waals surface area contributed by atoms with Crippen molar-refractivity contribution >= 4 is 23.7 Å². The largest absolute Gasteiger partial charge is 0.459 e. The van der Waals surface area contributed by atoms with Crippen molar-refractivity contribution in [3.8, 4) is 0 Å². The summed E-state index contributed by atoms with van der Waals surface area (Å²) in [5.41, 5.74) is 0.475. The van der Waals surface area contributed by atoms with Gasteiger partial charge in [-0.25, -0.2) is 9.59 Å². The minimum Gasteiger partial charge on any atom is -0.459 e. The maximum absolute atomic E-state index is 12.0. The van der Waals surface area contributed by atoms with E-state index in [2.05, 4.69) is 0 Å². The first-order valence-electron chi connectivity index (χ1n) is 8.28. The SMILES string of the molecule is CCCCOC(=O)N(C)CCCC(C)OC(=O)c1ccc(Cl)cc1. The van der Waals surface area contributed by atoms with Gasteiger partial charge in [0.25, 0.3) is 0 Å². The molecule has 1 rings (SSSR count). The van der Waals surface area contributed by atoms with Crippen molar-refractivity contribution in [2.45, 2.75) is 45.6 Å². The zero-order valence-electron chi connectivity index (χ0n) is 14.6. The molecule has 24 heavy (non-hydrogen) atoms. The van der Waals surface area contributed by atoms with Crippen LogP contribution in [0.3, 0.4) is 0 Å². The van der Waals surface area contributed by atoms with Crippen molar-refractivity contribution in [2.75, 3.05) is 20.2 Å².